The predicted octanol–water partition coefficient (Wildman–Crippen LogP) is 8.56. The molecule has 0 aliphatic carbocycles. The highest BCUT2D eigenvalue weighted by atomic mass is 79.9. The van der Waals surface area contributed by atoms with Crippen LogP contribution in [0.2, 0.25) is 5.02 Å². The summed E-state index contributed by atoms with van der Waals surface area (Å²) in [5, 5.41) is 29.2. The SMILES string of the molecule is CC(C)[C@H](C(=O)N1C[C@H](O)C[C@H]1C(=O)NCc1ccc(Cl)cc1)c1cc(OCCN2CCN(CCOc3ccc(Oc4c(-c5ccc(Br)cc5)sc5cc(O)ccc45)cc3)CC2)no1. The fourth-order valence-corrected chi connectivity index (χ4v) is 9.66. The quantitative estimate of drug-likeness (QED) is 0.0807. The summed E-state index contributed by atoms with van der Waals surface area (Å²) < 4.78 is 26.2. The van der Waals surface area contributed by atoms with E-state index in [0.29, 0.717) is 42.2 Å². The van der Waals surface area contributed by atoms with Crippen molar-refractivity contribution in [3.63, 3.8) is 0 Å². The first-order valence-electron chi connectivity index (χ1n) is 21.4. The lowest BCUT2D eigenvalue weighted by molar-refractivity contribution is -0.141. The largest absolute Gasteiger partial charge is 0.508 e. The second-order valence-electron chi connectivity index (χ2n) is 16.4. The maximum Gasteiger partial charge on any atom is 0.254 e. The first-order valence-corrected chi connectivity index (χ1v) is 23.4. The summed E-state index contributed by atoms with van der Waals surface area (Å²) in [6.45, 7) is 10.2. The van der Waals surface area contributed by atoms with Crippen LogP contribution in [0.3, 0.4) is 0 Å². The van der Waals surface area contributed by atoms with E-state index >= 15 is 0 Å². The number of nitrogens with one attached hydrogen (secondary N) is 1. The number of β-amino-alcohol motifs (C(OH)–C–C–N with tert-alkyl or cyclic N) is 1. The number of carbonyl (C=O) groups excluding carboxylic acids is 2. The molecular weight excluding hydrogens is 922 g/mol. The number of fused-ring (bicyclic) bond motifs is 1. The maximum atomic E-state index is 14.0. The zero-order valence-electron chi connectivity index (χ0n) is 35.6. The number of benzene rings is 4. The second-order valence-corrected chi connectivity index (χ2v) is 18.8. The van der Waals surface area contributed by atoms with Gasteiger partial charge >= 0.3 is 0 Å². The molecule has 0 radical (unpaired) electrons. The van der Waals surface area contributed by atoms with E-state index in [1.807, 2.05) is 80.6 Å². The molecule has 2 aromatic heterocycles. The lowest BCUT2D eigenvalue weighted by Crippen LogP contribution is -2.48. The van der Waals surface area contributed by atoms with Gasteiger partial charge in [-0.25, -0.2) is 0 Å². The minimum absolute atomic E-state index is 0.0572. The van der Waals surface area contributed by atoms with E-state index in [-0.39, 0.29) is 43.0 Å². The number of phenols is 1. The van der Waals surface area contributed by atoms with E-state index in [2.05, 4.69) is 36.2 Å². The Hall–Kier alpha value is -5.16. The van der Waals surface area contributed by atoms with Crippen LogP contribution < -0.4 is 19.5 Å². The number of carbonyl (C=O) groups is 2. The molecule has 0 spiro atoms. The number of aromatic nitrogens is 1. The van der Waals surface area contributed by atoms with Gasteiger partial charge in [0.2, 0.25) is 11.8 Å². The normalized spacial score (nSPS) is 17.5. The number of rotatable bonds is 17. The highest BCUT2D eigenvalue weighted by Crippen LogP contribution is 2.47. The lowest BCUT2D eigenvalue weighted by Gasteiger charge is -2.34. The van der Waals surface area contributed by atoms with E-state index in [9.17, 15) is 19.8 Å². The molecule has 3 atom stereocenters. The molecule has 0 bridgehead atoms. The molecule has 2 aliphatic heterocycles. The molecule has 2 aliphatic rings. The average molecular weight is 973 g/mol. The van der Waals surface area contributed by atoms with Gasteiger partial charge in [-0.15, -0.1) is 11.3 Å². The van der Waals surface area contributed by atoms with Crippen molar-refractivity contribution in [2.75, 3.05) is 59.0 Å². The Labute approximate surface area is 389 Å². The molecule has 0 saturated carbocycles. The number of nitrogens with zero attached hydrogens (tertiary/aromatic N) is 4. The van der Waals surface area contributed by atoms with Crippen LogP contribution >= 0.6 is 38.9 Å². The third-order valence-electron chi connectivity index (χ3n) is 11.6. The molecule has 336 valence electrons. The standard InChI is InChI=1S/C48H51BrClN5O8S/c1-30(2)44(48(59)55-29-36(57)25-40(55)47(58)51-28-31-3-9-34(50)10-4-31)41-27-43(52-63-41)61-24-22-54-19-17-53(18-20-54)21-23-60-37-12-14-38(15-13-37)62-45-39-16-11-35(56)26-42(39)64-46(45)32-5-7-33(49)8-6-32/h3-16,26-27,30,36,40,44,56-57H,17-25,28-29H2,1-2H3,(H,51,58)/t36-,40+,44+/m1/s1. The highest BCUT2D eigenvalue weighted by Gasteiger charge is 2.43. The first-order chi connectivity index (χ1) is 31.0. The summed E-state index contributed by atoms with van der Waals surface area (Å²) in [7, 11) is 0. The van der Waals surface area contributed by atoms with Gasteiger partial charge in [-0.1, -0.05) is 65.6 Å². The monoisotopic (exact) mass is 971 g/mol. The van der Waals surface area contributed by atoms with Crippen LogP contribution in [-0.2, 0) is 16.1 Å². The Morgan fingerprint density at radius 1 is 0.906 bits per heavy atom. The Balaban J connectivity index is 0.763. The third-order valence-corrected chi connectivity index (χ3v) is 13.5. The van der Waals surface area contributed by atoms with Gasteiger partial charge in [-0.05, 0) is 88.9 Å². The molecule has 64 heavy (non-hydrogen) atoms. The van der Waals surface area contributed by atoms with Gasteiger partial charge in [0.25, 0.3) is 5.88 Å². The number of aliphatic hydroxyl groups excluding tert-OH is 1. The Morgan fingerprint density at radius 3 is 2.27 bits per heavy atom. The van der Waals surface area contributed by atoms with Crippen molar-refractivity contribution < 1.29 is 38.5 Å². The molecule has 2 amide bonds. The van der Waals surface area contributed by atoms with Crippen molar-refractivity contribution in [3.8, 4) is 39.3 Å². The number of phenolic OH excluding ortho intramolecular Hbond substituents is 1. The number of piperazine rings is 1. The molecule has 8 rings (SSSR count). The van der Waals surface area contributed by atoms with Gasteiger partial charge in [0.05, 0.1) is 11.0 Å². The van der Waals surface area contributed by atoms with Crippen molar-refractivity contribution in [2.45, 2.75) is 44.9 Å². The van der Waals surface area contributed by atoms with Crippen LogP contribution in [0.5, 0.6) is 28.9 Å². The average Bonchev–Trinajstić information content (AvgIpc) is 4.01. The van der Waals surface area contributed by atoms with Crippen LogP contribution in [0.15, 0.2) is 106 Å². The molecule has 4 aromatic carbocycles. The van der Waals surface area contributed by atoms with E-state index in [1.54, 1.807) is 41.7 Å². The number of amides is 2. The predicted molar refractivity (Wildman–Crippen MR) is 251 cm³/mol. The van der Waals surface area contributed by atoms with Gasteiger partial charge in [0.15, 0.2) is 11.5 Å². The van der Waals surface area contributed by atoms with E-state index < -0.39 is 18.1 Å². The molecule has 3 N–H and O–H groups in total. The van der Waals surface area contributed by atoms with E-state index in [0.717, 1.165) is 74.8 Å². The smallest absolute Gasteiger partial charge is 0.254 e. The van der Waals surface area contributed by atoms with Gasteiger partial charge < -0.3 is 39.2 Å². The molecule has 2 saturated heterocycles. The second kappa shape index (κ2) is 20.8. The Bertz CT molecular complexity index is 2510. The Kier molecular flexibility index (Phi) is 14.7. The number of aromatic hydroxyl groups is 1. The van der Waals surface area contributed by atoms with E-state index in [4.69, 9.17) is 30.3 Å². The number of halogens is 2. The molecule has 2 fully saturated rings. The van der Waals surface area contributed by atoms with Gasteiger partial charge in [-0.3, -0.25) is 19.4 Å². The van der Waals surface area contributed by atoms with Crippen molar-refractivity contribution >= 4 is 60.8 Å². The summed E-state index contributed by atoms with van der Waals surface area (Å²) in [4.78, 5) is 34.4. The maximum absolute atomic E-state index is 14.0. The molecule has 4 heterocycles. The summed E-state index contributed by atoms with van der Waals surface area (Å²) in [5.41, 5.74) is 1.91. The fraction of sp³-hybridized carbons (Fsp3) is 0.354. The minimum atomic E-state index is -0.812. The van der Waals surface area contributed by atoms with Crippen LogP contribution in [0.1, 0.15) is 37.5 Å². The molecule has 6 aromatic rings. The number of ether oxygens (including phenoxy) is 3. The van der Waals surface area contributed by atoms with Crippen molar-refractivity contribution in [2.24, 2.45) is 5.92 Å². The number of likely N-dealkylation sites (tertiary alicyclic amines) is 1. The van der Waals surface area contributed by atoms with Crippen LogP contribution in [0.25, 0.3) is 20.5 Å². The molecule has 16 heteroatoms. The van der Waals surface area contributed by atoms with Gasteiger partial charge in [-0.2, -0.15) is 0 Å². The number of aliphatic hydroxyl groups is 1. The van der Waals surface area contributed by atoms with Crippen LogP contribution in [-0.4, -0.2) is 113 Å². The number of thiophene rings is 1. The third kappa shape index (κ3) is 11.2. The summed E-state index contributed by atoms with van der Waals surface area (Å²) >= 11 is 11.1. The molecule has 0 unspecified atom stereocenters. The summed E-state index contributed by atoms with van der Waals surface area (Å²) in [6, 6.07) is 29.1. The van der Waals surface area contributed by atoms with E-state index in [1.165, 1.54) is 4.90 Å². The van der Waals surface area contributed by atoms with Crippen molar-refractivity contribution in [1.82, 2.24) is 25.2 Å². The highest BCUT2D eigenvalue weighted by molar-refractivity contribution is 9.10. The van der Waals surface area contributed by atoms with Crippen molar-refractivity contribution in [3.05, 3.63) is 118 Å². The zero-order valence-corrected chi connectivity index (χ0v) is 38.8. The van der Waals surface area contributed by atoms with Gasteiger partial charge in [0.1, 0.15) is 42.4 Å². The Morgan fingerprint density at radius 2 is 1.58 bits per heavy atom. The fourth-order valence-electron chi connectivity index (χ4n) is 8.10. The first kappa shape index (κ1) is 45.4. The van der Waals surface area contributed by atoms with Crippen LogP contribution in [0.4, 0.5) is 0 Å². The number of hydrogen-bond donors (Lipinski definition) is 3. The molecule has 13 nitrogen and oxygen atoms in total. The molecular formula is C48H51BrClN5O8S. The number of hydrogen-bond acceptors (Lipinski definition) is 12. The van der Waals surface area contributed by atoms with Gasteiger partial charge in [0, 0.05) is 84.4 Å². The zero-order chi connectivity index (χ0) is 44.7. The lowest BCUT2D eigenvalue weighted by atomic mass is 9.91. The van der Waals surface area contributed by atoms with Crippen LogP contribution in [0, 0.1) is 5.92 Å². The van der Waals surface area contributed by atoms with Crippen molar-refractivity contribution in [1.29, 1.82) is 0 Å². The minimum Gasteiger partial charge on any atom is -0.508 e. The topological polar surface area (TPSA) is 150 Å². The summed E-state index contributed by atoms with van der Waals surface area (Å²) in [6.07, 6.45) is -0.658. The summed E-state index contributed by atoms with van der Waals surface area (Å²) in [5.74, 6) is 1.59.